The summed E-state index contributed by atoms with van der Waals surface area (Å²) < 4.78 is 3.23. The fourth-order valence-corrected chi connectivity index (χ4v) is 4.75. The number of aromatic nitrogens is 3. The Bertz CT molecular complexity index is 1090. The maximum Gasteiger partial charge on any atom is 0.268 e. The third-order valence-electron chi connectivity index (χ3n) is 5.66. The second-order valence-electron chi connectivity index (χ2n) is 8.76. The number of hydrogen-bond acceptors (Lipinski definition) is 3. The molecule has 27 heavy (non-hydrogen) atoms. The zero-order valence-corrected chi connectivity index (χ0v) is 16.3. The van der Waals surface area contributed by atoms with E-state index in [1.54, 1.807) is 36.0 Å². The summed E-state index contributed by atoms with van der Waals surface area (Å²) in [7, 11) is 1.79. The molecule has 3 aromatic rings. The van der Waals surface area contributed by atoms with Gasteiger partial charge in [0, 0.05) is 19.3 Å². The lowest BCUT2D eigenvalue weighted by atomic mass is 9.70. The summed E-state index contributed by atoms with van der Waals surface area (Å²) in [4.78, 5) is 30.3. The monoisotopic (exact) mass is 366 g/mol. The van der Waals surface area contributed by atoms with Crippen LogP contribution in [-0.4, -0.2) is 25.9 Å². The largest absolute Gasteiger partial charge is 0.348 e. The van der Waals surface area contributed by atoms with Crippen molar-refractivity contribution in [2.45, 2.75) is 46.1 Å². The Morgan fingerprint density at radius 2 is 2.07 bits per heavy atom. The number of nitrogens with one attached hydrogen (secondary N) is 1. The van der Waals surface area contributed by atoms with E-state index in [-0.39, 0.29) is 22.9 Å². The Morgan fingerprint density at radius 1 is 1.30 bits per heavy atom. The van der Waals surface area contributed by atoms with Crippen LogP contribution in [0, 0.1) is 11.3 Å². The molecule has 3 heterocycles. The van der Waals surface area contributed by atoms with Gasteiger partial charge in [0.2, 0.25) is 0 Å². The van der Waals surface area contributed by atoms with E-state index in [9.17, 15) is 9.59 Å². The first-order valence-corrected chi connectivity index (χ1v) is 9.53. The topological polar surface area (TPSA) is 68.4 Å². The predicted octanol–water partition coefficient (Wildman–Crippen LogP) is 3.13. The van der Waals surface area contributed by atoms with Crippen molar-refractivity contribution in [2.75, 3.05) is 0 Å². The molecule has 2 atom stereocenters. The van der Waals surface area contributed by atoms with Crippen LogP contribution in [0.25, 0.3) is 16.7 Å². The normalized spacial score (nSPS) is 22.2. The molecule has 6 heteroatoms. The molecular formula is C21H26N4O2. The van der Waals surface area contributed by atoms with Crippen molar-refractivity contribution >= 4 is 22.6 Å². The van der Waals surface area contributed by atoms with Crippen molar-refractivity contribution < 1.29 is 4.79 Å². The van der Waals surface area contributed by atoms with E-state index in [1.165, 1.54) is 10.8 Å². The van der Waals surface area contributed by atoms with Gasteiger partial charge in [-0.3, -0.25) is 14.0 Å². The molecule has 0 aliphatic heterocycles. The van der Waals surface area contributed by atoms with Crippen LogP contribution in [0.4, 0.5) is 0 Å². The molecule has 1 saturated carbocycles. The van der Waals surface area contributed by atoms with Gasteiger partial charge in [0.05, 0.1) is 5.39 Å². The minimum Gasteiger partial charge on any atom is -0.348 e. The van der Waals surface area contributed by atoms with Gasteiger partial charge in [0.25, 0.3) is 11.5 Å². The van der Waals surface area contributed by atoms with Gasteiger partial charge < -0.3 is 9.88 Å². The summed E-state index contributed by atoms with van der Waals surface area (Å²) in [5.74, 6) is 0.446. The van der Waals surface area contributed by atoms with E-state index in [4.69, 9.17) is 0 Å². The maximum atomic E-state index is 13.0. The molecule has 0 spiro atoms. The summed E-state index contributed by atoms with van der Waals surface area (Å²) >= 11 is 0. The lowest BCUT2D eigenvalue weighted by molar-refractivity contribution is 0.0866. The molecule has 0 unspecified atom stereocenters. The molecule has 3 aromatic heterocycles. The Hall–Kier alpha value is -2.63. The summed E-state index contributed by atoms with van der Waals surface area (Å²) in [6.45, 7) is 6.76. The van der Waals surface area contributed by atoms with Gasteiger partial charge in [-0.25, -0.2) is 4.98 Å². The fourth-order valence-electron chi connectivity index (χ4n) is 4.75. The number of aryl methyl sites for hydroxylation is 1. The number of carbonyl (C=O) groups excluding carboxylic acids is 1. The molecule has 0 radical (unpaired) electrons. The van der Waals surface area contributed by atoms with Crippen LogP contribution in [-0.2, 0) is 7.05 Å². The first-order chi connectivity index (χ1) is 12.7. The van der Waals surface area contributed by atoms with Gasteiger partial charge in [0.1, 0.15) is 17.0 Å². The second-order valence-corrected chi connectivity index (χ2v) is 8.76. The van der Waals surface area contributed by atoms with Gasteiger partial charge in [-0.1, -0.05) is 26.8 Å². The number of hydrogen-bond donors (Lipinski definition) is 1. The van der Waals surface area contributed by atoms with Crippen LogP contribution < -0.4 is 10.9 Å². The Kier molecular flexibility index (Phi) is 4.09. The minimum absolute atomic E-state index is 0.140. The van der Waals surface area contributed by atoms with E-state index in [2.05, 4.69) is 31.1 Å². The molecule has 0 saturated heterocycles. The molecule has 0 bridgehead atoms. The van der Waals surface area contributed by atoms with Crippen LogP contribution >= 0.6 is 0 Å². The molecule has 1 fully saturated rings. The highest BCUT2D eigenvalue weighted by Crippen LogP contribution is 2.38. The highest BCUT2D eigenvalue weighted by molar-refractivity contribution is 5.98. The SMILES string of the molecule is C[C@@H]1C[C@@H](NC(=O)c2cc3c(=O)n4ccccc4nc3n2C)CC(C)(C)C1. The van der Waals surface area contributed by atoms with Crippen molar-refractivity contribution in [3.8, 4) is 0 Å². The molecule has 4 rings (SSSR count). The van der Waals surface area contributed by atoms with Gasteiger partial charge in [-0.2, -0.15) is 0 Å². The highest BCUT2D eigenvalue weighted by Gasteiger charge is 2.33. The Balaban J connectivity index is 1.70. The van der Waals surface area contributed by atoms with Crippen LogP contribution in [0.1, 0.15) is 50.5 Å². The molecular weight excluding hydrogens is 340 g/mol. The molecule has 1 N–H and O–H groups in total. The minimum atomic E-state index is -0.155. The van der Waals surface area contributed by atoms with Crippen molar-refractivity contribution in [3.63, 3.8) is 0 Å². The standard InChI is InChI=1S/C21H26N4O2/c1-13-9-14(12-21(2,3)11-13)22-19(26)16-10-15-18(24(16)4)23-17-7-5-6-8-25(17)20(15)27/h5-8,10,13-14H,9,11-12H2,1-4H3,(H,22,26)/t13-,14-/m1/s1. The first-order valence-electron chi connectivity index (χ1n) is 9.53. The van der Waals surface area contributed by atoms with Crippen molar-refractivity contribution in [3.05, 3.63) is 46.5 Å². The van der Waals surface area contributed by atoms with E-state index in [0.717, 1.165) is 12.8 Å². The summed E-state index contributed by atoms with van der Waals surface area (Å²) in [5, 5.41) is 3.65. The van der Waals surface area contributed by atoms with Crippen molar-refractivity contribution in [1.29, 1.82) is 0 Å². The summed E-state index contributed by atoms with van der Waals surface area (Å²) in [6.07, 6.45) is 4.84. The van der Waals surface area contributed by atoms with Crippen LogP contribution in [0.15, 0.2) is 35.3 Å². The molecule has 142 valence electrons. The van der Waals surface area contributed by atoms with Gasteiger partial charge in [-0.15, -0.1) is 0 Å². The van der Waals surface area contributed by atoms with E-state index in [1.807, 2.05) is 6.07 Å². The second kappa shape index (κ2) is 6.22. The zero-order chi connectivity index (χ0) is 19.3. The van der Waals surface area contributed by atoms with Crippen molar-refractivity contribution in [1.82, 2.24) is 19.3 Å². The molecule has 1 amide bonds. The maximum absolute atomic E-state index is 13.0. The smallest absolute Gasteiger partial charge is 0.268 e. The summed E-state index contributed by atoms with van der Waals surface area (Å²) in [6, 6.07) is 7.25. The van der Waals surface area contributed by atoms with E-state index >= 15 is 0 Å². The Labute approximate surface area is 158 Å². The van der Waals surface area contributed by atoms with E-state index in [0.29, 0.717) is 28.3 Å². The fraction of sp³-hybridized carbons (Fsp3) is 0.476. The van der Waals surface area contributed by atoms with Crippen molar-refractivity contribution in [2.24, 2.45) is 18.4 Å². The quantitative estimate of drug-likeness (QED) is 0.758. The lowest BCUT2D eigenvalue weighted by Gasteiger charge is -2.39. The average molecular weight is 366 g/mol. The third kappa shape index (κ3) is 3.13. The number of fused-ring (bicyclic) bond motifs is 2. The summed E-state index contributed by atoms with van der Waals surface area (Å²) in [5.41, 5.74) is 1.66. The van der Waals surface area contributed by atoms with Gasteiger partial charge in [0.15, 0.2) is 0 Å². The number of pyridine rings is 1. The van der Waals surface area contributed by atoms with Crippen LogP contribution in [0.3, 0.4) is 0 Å². The predicted molar refractivity (Wildman–Crippen MR) is 106 cm³/mol. The molecule has 1 aliphatic carbocycles. The first kappa shape index (κ1) is 17.8. The lowest BCUT2D eigenvalue weighted by Crippen LogP contribution is -2.43. The van der Waals surface area contributed by atoms with Crippen LogP contribution in [0.5, 0.6) is 0 Å². The highest BCUT2D eigenvalue weighted by atomic mass is 16.2. The number of rotatable bonds is 2. The Morgan fingerprint density at radius 3 is 2.81 bits per heavy atom. The average Bonchev–Trinajstić information content (AvgIpc) is 2.91. The van der Waals surface area contributed by atoms with Gasteiger partial charge >= 0.3 is 0 Å². The molecule has 1 aliphatic rings. The molecule has 6 nitrogen and oxygen atoms in total. The van der Waals surface area contributed by atoms with Crippen LogP contribution in [0.2, 0.25) is 0 Å². The number of nitrogens with zero attached hydrogens (tertiary/aromatic N) is 3. The third-order valence-corrected chi connectivity index (χ3v) is 5.66. The molecule has 0 aromatic carbocycles. The van der Waals surface area contributed by atoms with Gasteiger partial charge in [-0.05, 0) is 48.8 Å². The number of amides is 1. The zero-order valence-electron chi connectivity index (χ0n) is 16.3. The van der Waals surface area contributed by atoms with E-state index < -0.39 is 0 Å². The number of carbonyl (C=O) groups is 1.